The van der Waals surface area contributed by atoms with Gasteiger partial charge in [0.05, 0.1) is 42.2 Å². The Bertz CT molecular complexity index is 1730. The maximum Gasteiger partial charge on any atom is 0.338 e. The Morgan fingerprint density at radius 3 is 2.53 bits per heavy atom. The van der Waals surface area contributed by atoms with Crippen molar-refractivity contribution in [2.75, 3.05) is 20.3 Å². The van der Waals surface area contributed by atoms with Crippen LogP contribution in [0.5, 0.6) is 11.5 Å². The van der Waals surface area contributed by atoms with Gasteiger partial charge in [0.15, 0.2) is 4.80 Å². The summed E-state index contributed by atoms with van der Waals surface area (Å²) in [6, 6.07) is 18.6. The molecule has 4 aromatic rings. The van der Waals surface area contributed by atoms with E-state index in [4.69, 9.17) is 14.2 Å². The van der Waals surface area contributed by atoms with Gasteiger partial charge in [0, 0.05) is 5.56 Å². The van der Waals surface area contributed by atoms with Gasteiger partial charge in [0.1, 0.15) is 11.5 Å². The van der Waals surface area contributed by atoms with E-state index in [0.29, 0.717) is 38.7 Å². The molecule has 1 unspecified atom stereocenters. The highest BCUT2D eigenvalue weighted by molar-refractivity contribution is 7.07. The average Bonchev–Trinajstić information content (AvgIpc) is 3.23. The summed E-state index contributed by atoms with van der Waals surface area (Å²) in [6.07, 6.45) is 1.85. The molecule has 0 saturated carbocycles. The molecular weight excluding hydrogens is 500 g/mol. The van der Waals surface area contributed by atoms with Crippen molar-refractivity contribution in [3.63, 3.8) is 0 Å². The van der Waals surface area contributed by atoms with Gasteiger partial charge in [-0.25, -0.2) is 9.79 Å². The van der Waals surface area contributed by atoms with Gasteiger partial charge in [-0.3, -0.25) is 9.36 Å². The quantitative estimate of drug-likeness (QED) is 0.333. The largest absolute Gasteiger partial charge is 0.496 e. The van der Waals surface area contributed by atoms with Crippen molar-refractivity contribution in [2.24, 2.45) is 4.99 Å². The van der Waals surface area contributed by atoms with E-state index >= 15 is 0 Å². The van der Waals surface area contributed by atoms with Gasteiger partial charge in [-0.1, -0.05) is 53.8 Å². The Morgan fingerprint density at radius 2 is 1.82 bits per heavy atom. The van der Waals surface area contributed by atoms with Crippen LogP contribution in [0.15, 0.2) is 81.7 Å². The smallest absolute Gasteiger partial charge is 0.338 e. The Labute approximate surface area is 223 Å². The summed E-state index contributed by atoms with van der Waals surface area (Å²) in [5.74, 6) is 0.892. The molecule has 0 N–H and O–H groups in total. The van der Waals surface area contributed by atoms with Gasteiger partial charge in [0.25, 0.3) is 5.56 Å². The fraction of sp³-hybridized carbons (Fsp3) is 0.233. The summed E-state index contributed by atoms with van der Waals surface area (Å²) < 4.78 is 18.7. The van der Waals surface area contributed by atoms with E-state index < -0.39 is 12.0 Å². The number of hydrogen-bond donors (Lipinski definition) is 0. The molecule has 0 amide bonds. The van der Waals surface area contributed by atoms with Gasteiger partial charge in [-0.05, 0) is 61.4 Å². The fourth-order valence-corrected chi connectivity index (χ4v) is 5.78. The van der Waals surface area contributed by atoms with E-state index in [0.717, 1.165) is 21.9 Å². The van der Waals surface area contributed by atoms with Gasteiger partial charge in [-0.15, -0.1) is 0 Å². The minimum absolute atomic E-state index is 0.219. The van der Waals surface area contributed by atoms with Crippen LogP contribution in [0.2, 0.25) is 0 Å². The van der Waals surface area contributed by atoms with Crippen LogP contribution in [-0.4, -0.2) is 30.9 Å². The van der Waals surface area contributed by atoms with Crippen molar-refractivity contribution >= 4 is 34.2 Å². The number of esters is 1. The molecule has 8 heteroatoms. The lowest BCUT2D eigenvalue weighted by molar-refractivity contribution is -0.139. The van der Waals surface area contributed by atoms with E-state index in [1.54, 1.807) is 25.5 Å². The number of methoxy groups -OCH3 is 1. The van der Waals surface area contributed by atoms with E-state index in [1.165, 1.54) is 11.3 Å². The molecule has 0 bridgehead atoms. The van der Waals surface area contributed by atoms with Crippen molar-refractivity contribution in [2.45, 2.75) is 26.8 Å². The fourth-order valence-electron chi connectivity index (χ4n) is 4.75. The third kappa shape index (κ3) is 4.52. The van der Waals surface area contributed by atoms with E-state index in [1.807, 2.05) is 73.7 Å². The zero-order chi connectivity index (χ0) is 26.8. The number of ether oxygens (including phenoxy) is 3. The first kappa shape index (κ1) is 25.5. The molecule has 1 aliphatic heterocycles. The van der Waals surface area contributed by atoms with Crippen molar-refractivity contribution in [1.82, 2.24) is 4.57 Å². The number of aromatic nitrogens is 1. The zero-order valence-corrected chi connectivity index (χ0v) is 22.5. The van der Waals surface area contributed by atoms with Crippen molar-refractivity contribution in [1.29, 1.82) is 0 Å². The molecule has 0 fully saturated rings. The van der Waals surface area contributed by atoms with Crippen LogP contribution in [0, 0.1) is 0 Å². The first-order valence-corrected chi connectivity index (χ1v) is 13.3. The van der Waals surface area contributed by atoms with Gasteiger partial charge in [0.2, 0.25) is 0 Å². The summed E-state index contributed by atoms with van der Waals surface area (Å²) in [4.78, 5) is 32.3. The van der Waals surface area contributed by atoms with Crippen molar-refractivity contribution < 1.29 is 19.0 Å². The number of thiazole rings is 1. The number of benzene rings is 3. The average molecular weight is 529 g/mol. The first-order valence-electron chi connectivity index (χ1n) is 12.4. The van der Waals surface area contributed by atoms with Crippen LogP contribution in [-0.2, 0) is 9.53 Å². The molecule has 1 aliphatic rings. The Hall–Kier alpha value is -4.17. The zero-order valence-electron chi connectivity index (χ0n) is 21.7. The predicted molar refractivity (Wildman–Crippen MR) is 149 cm³/mol. The summed E-state index contributed by atoms with van der Waals surface area (Å²) >= 11 is 1.29. The minimum atomic E-state index is -0.683. The normalized spacial score (nSPS) is 15.3. The second-order valence-corrected chi connectivity index (χ2v) is 9.72. The lowest BCUT2D eigenvalue weighted by Crippen LogP contribution is -2.39. The molecule has 0 radical (unpaired) electrons. The number of nitrogens with zero attached hydrogens (tertiary/aromatic N) is 2. The molecule has 1 atom stereocenters. The lowest BCUT2D eigenvalue weighted by Gasteiger charge is -2.24. The van der Waals surface area contributed by atoms with Crippen LogP contribution in [0.4, 0.5) is 0 Å². The van der Waals surface area contributed by atoms with Gasteiger partial charge >= 0.3 is 5.97 Å². The van der Waals surface area contributed by atoms with Crippen LogP contribution in [0.3, 0.4) is 0 Å². The maximum absolute atomic E-state index is 14.0. The van der Waals surface area contributed by atoms with Crippen LogP contribution in [0.1, 0.15) is 37.9 Å². The standard InChI is InChI=1S/C30H28N2O5S/c1-5-36-21-14-11-20(12-15-21)27-26(29(34)37-6-2)18(3)31-30-32(27)28(33)25(38-30)17-23-22-10-8-7-9-19(22)13-16-24(23)35-4/h7-17,27H,5-6H2,1-4H3/b25-17-. The molecule has 38 heavy (non-hydrogen) atoms. The van der Waals surface area contributed by atoms with E-state index in [2.05, 4.69) is 4.99 Å². The van der Waals surface area contributed by atoms with Crippen LogP contribution in [0.25, 0.3) is 16.8 Å². The molecule has 194 valence electrons. The molecule has 5 rings (SSSR count). The van der Waals surface area contributed by atoms with Crippen molar-refractivity contribution in [3.05, 3.63) is 103 Å². The van der Waals surface area contributed by atoms with Gasteiger partial charge < -0.3 is 14.2 Å². The summed E-state index contributed by atoms with van der Waals surface area (Å²) in [7, 11) is 1.62. The van der Waals surface area contributed by atoms with E-state index in [9.17, 15) is 9.59 Å². The third-order valence-corrected chi connectivity index (χ3v) is 7.43. The Morgan fingerprint density at radius 1 is 1.05 bits per heavy atom. The number of hydrogen-bond acceptors (Lipinski definition) is 7. The molecule has 1 aromatic heterocycles. The first-order chi connectivity index (χ1) is 18.5. The second-order valence-electron chi connectivity index (χ2n) is 8.71. The number of fused-ring (bicyclic) bond motifs is 2. The van der Waals surface area contributed by atoms with Crippen molar-refractivity contribution in [3.8, 4) is 11.5 Å². The SMILES string of the molecule is CCOC(=O)C1=C(C)N=c2s/c(=C\c3c(OC)ccc4ccccc34)c(=O)n2C1c1ccc(OCC)cc1. The molecule has 0 saturated heterocycles. The number of allylic oxidation sites excluding steroid dienone is 1. The van der Waals surface area contributed by atoms with Crippen LogP contribution < -0.4 is 24.4 Å². The number of carbonyl (C=O) groups is 1. The van der Waals surface area contributed by atoms with Crippen LogP contribution >= 0.6 is 11.3 Å². The molecule has 0 aliphatic carbocycles. The number of rotatable bonds is 7. The highest BCUT2D eigenvalue weighted by atomic mass is 32.1. The molecule has 2 heterocycles. The lowest BCUT2D eigenvalue weighted by atomic mass is 9.96. The summed E-state index contributed by atoms with van der Waals surface area (Å²) in [6.45, 7) is 6.21. The predicted octanol–water partition coefficient (Wildman–Crippen LogP) is 4.36. The Balaban J connectivity index is 1.75. The number of carbonyl (C=O) groups excluding carboxylic acids is 1. The summed E-state index contributed by atoms with van der Waals surface area (Å²) in [5, 5.41) is 2.02. The van der Waals surface area contributed by atoms with Gasteiger partial charge in [-0.2, -0.15) is 0 Å². The molecule has 0 spiro atoms. The minimum Gasteiger partial charge on any atom is -0.496 e. The third-order valence-electron chi connectivity index (χ3n) is 6.45. The van der Waals surface area contributed by atoms with E-state index in [-0.39, 0.29) is 12.2 Å². The highest BCUT2D eigenvalue weighted by Crippen LogP contribution is 2.32. The highest BCUT2D eigenvalue weighted by Gasteiger charge is 2.33. The second kappa shape index (κ2) is 10.7. The maximum atomic E-state index is 14.0. The molecular formula is C30H28N2O5S. The topological polar surface area (TPSA) is 79.1 Å². The monoisotopic (exact) mass is 528 g/mol. The molecule has 3 aromatic carbocycles. The Kier molecular flexibility index (Phi) is 7.15. The summed E-state index contributed by atoms with van der Waals surface area (Å²) in [5.41, 5.74) is 2.21. The molecule has 7 nitrogen and oxygen atoms in total.